The molecule has 22 heavy (non-hydrogen) atoms. The fourth-order valence-corrected chi connectivity index (χ4v) is 2.62. The Morgan fingerprint density at radius 3 is 2.41 bits per heavy atom. The summed E-state index contributed by atoms with van der Waals surface area (Å²) >= 11 is 0. The van der Waals surface area contributed by atoms with Crippen LogP contribution in [0.2, 0.25) is 0 Å². The van der Waals surface area contributed by atoms with Gasteiger partial charge in [-0.1, -0.05) is 20.8 Å². The van der Waals surface area contributed by atoms with Crippen molar-refractivity contribution in [3.8, 4) is 0 Å². The zero-order valence-electron chi connectivity index (χ0n) is 14.2. The quantitative estimate of drug-likeness (QED) is 0.427. The minimum atomic E-state index is -1.09. The van der Waals surface area contributed by atoms with Gasteiger partial charge in [0.2, 0.25) is 5.78 Å². The van der Waals surface area contributed by atoms with Crippen LogP contribution in [-0.4, -0.2) is 36.9 Å². The summed E-state index contributed by atoms with van der Waals surface area (Å²) in [5, 5.41) is 11.8. The van der Waals surface area contributed by atoms with Crippen molar-refractivity contribution in [3.05, 3.63) is 23.1 Å². The monoisotopic (exact) mass is 309 g/mol. The summed E-state index contributed by atoms with van der Waals surface area (Å²) in [6, 6.07) is 0. The van der Waals surface area contributed by atoms with Crippen LogP contribution < -0.4 is 5.32 Å². The normalized spacial score (nSPS) is 25.6. The summed E-state index contributed by atoms with van der Waals surface area (Å²) in [5.74, 6) is -0.0968. The van der Waals surface area contributed by atoms with E-state index in [0.717, 1.165) is 6.42 Å². The summed E-state index contributed by atoms with van der Waals surface area (Å²) in [7, 11) is 1.47. The van der Waals surface area contributed by atoms with Crippen molar-refractivity contribution in [1.82, 2.24) is 5.32 Å². The topological polar surface area (TPSA) is 75.6 Å². The molecule has 1 aliphatic rings. The lowest BCUT2D eigenvalue weighted by Crippen LogP contribution is -2.44. The van der Waals surface area contributed by atoms with Crippen molar-refractivity contribution in [3.63, 3.8) is 0 Å². The first-order chi connectivity index (χ1) is 10.4. The van der Waals surface area contributed by atoms with Crippen molar-refractivity contribution in [2.24, 2.45) is 11.3 Å². The zero-order valence-corrected chi connectivity index (χ0v) is 14.2. The van der Waals surface area contributed by atoms with E-state index in [1.807, 2.05) is 20.8 Å². The molecule has 0 bridgehead atoms. The Balaban J connectivity index is 3.52. The molecule has 0 radical (unpaired) electrons. The Morgan fingerprint density at radius 2 is 1.95 bits per heavy atom. The molecule has 0 saturated carbocycles. The van der Waals surface area contributed by atoms with E-state index in [9.17, 15) is 9.59 Å². The minimum absolute atomic E-state index is 0.0263. The van der Waals surface area contributed by atoms with Crippen LogP contribution in [0.3, 0.4) is 0 Å². The predicted octanol–water partition coefficient (Wildman–Crippen LogP) is 1.97. The van der Waals surface area contributed by atoms with Crippen molar-refractivity contribution in [2.75, 3.05) is 20.3 Å². The SMILES string of the molecule is CC[C@@H](C)C1=C(OC)C(=O)[C@@](C)(CC)C(=O)C1=CNCCO. The highest BCUT2D eigenvalue weighted by molar-refractivity contribution is 6.24. The average Bonchev–Trinajstić information content (AvgIpc) is 2.53. The molecule has 0 amide bonds. The smallest absolute Gasteiger partial charge is 0.211 e. The number of methoxy groups -OCH3 is 1. The van der Waals surface area contributed by atoms with Crippen molar-refractivity contribution >= 4 is 11.6 Å². The Hall–Kier alpha value is -1.62. The first-order valence-corrected chi connectivity index (χ1v) is 7.81. The van der Waals surface area contributed by atoms with Gasteiger partial charge >= 0.3 is 0 Å². The van der Waals surface area contributed by atoms with Gasteiger partial charge in [-0.05, 0) is 25.7 Å². The summed E-state index contributed by atoms with van der Waals surface area (Å²) in [4.78, 5) is 25.6. The van der Waals surface area contributed by atoms with Gasteiger partial charge in [0.05, 0.1) is 19.1 Å². The van der Waals surface area contributed by atoms with Crippen molar-refractivity contribution < 1.29 is 19.4 Å². The van der Waals surface area contributed by atoms with E-state index in [-0.39, 0.29) is 29.9 Å². The summed E-state index contributed by atoms with van der Waals surface area (Å²) in [6.07, 6.45) is 2.82. The highest BCUT2D eigenvalue weighted by atomic mass is 16.5. The Kier molecular flexibility index (Phi) is 6.35. The molecular weight excluding hydrogens is 282 g/mol. The number of hydrogen-bond donors (Lipinski definition) is 2. The molecule has 1 aliphatic carbocycles. The van der Waals surface area contributed by atoms with E-state index in [2.05, 4.69) is 5.32 Å². The van der Waals surface area contributed by atoms with Crippen LogP contribution >= 0.6 is 0 Å². The molecule has 1 rings (SSSR count). The third kappa shape index (κ3) is 3.09. The number of nitrogens with one attached hydrogen (secondary N) is 1. The number of aliphatic hydroxyl groups is 1. The van der Waals surface area contributed by atoms with Gasteiger partial charge in [-0.25, -0.2) is 0 Å². The molecule has 0 aromatic heterocycles. The van der Waals surface area contributed by atoms with Crippen LogP contribution in [0.25, 0.3) is 0 Å². The number of ketones is 2. The molecule has 0 unspecified atom stereocenters. The molecule has 0 saturated heterocycles. The maximum absolute atomic E-state index is 12.9. The molecule has 0 aromatic carbocycles. The summed E-state index contributed by atoms with van der Waals surface area (Å²) in [5.41, 5.74) is 0.0645. The second kappa shape index (κ2) is 7.58. The number of ether oxygens (including phenoxy) is 1. The van der Waals surface area contributed by atoms with Gasteiger partial charge in [0.15, 0.2) is 11.5 Å². The van der Waals surface area contributed by atoms with Crippen LogP contribution in [0.15, 0.2) is 23.1 Å². The zero-order chi connectivity index (χ0) is 16.9. The van der Waals surface area contributed by atoms with E-state index in [4.69, 9.17) is 9.84 Å². The number of rotatable bonds is 7. The molecule has 0 aromatic rings. The van der Waals surface area contributed by atoms with Gasteiger partial charge in [0.25, 0.3) is 0 Å². The molecule has 0 aliphatic heterocycles. The summed E-state index contributed by atoms with van der Waals surface area (Å²) in [6.45, 7) is 7.81. The van der Waals surface area contributed by atoms with E-state index < -0.39 is 5.41 Å². The minimum Gasteiger partial charge on any atom is -0.493 e. The predicted molar refractivity (Wildman–Crippen MR) is 85.1 cm³/mol. The maximum Gasteiger partial charge on any atom is 0.211 e. The summed E-state index contributed by atoms with van der Waals surface area (Å²) < 4.78 is 5.38. The van der Waals surface area contributed by atoms with Crippen LogP contribution in [0.5, 0.6) is 0 Å². The number of aliphatic hydroxyl groups excluding tert-OH is 1. The van der Waals surface area contributed by atoms with Crippen LogP contribution in [0.4, 0.5) is 0 Å². The highest BCUT2D eigenvalue weighted by Gasteiger charge is 2.49. The molecule has 5 heteroatoms. The lowest BCUT2D eigenvalue weighted by atomic mass is 9.67. The average molecular weight is 309 g/mol. The van der Waals surface area contributed by atoms with E-state index >= 15 is 0 Å². The molecule has 2 atom stereocenters. The number of hydrogen-bond acceptors (Lipinski definition) is 5. The van der Waals surface area contributed by atoms with Gasteiger partial charge in [-0.15, -0.1) is 0 Å². The van der Waals surface area contributed by atoms with Gasteiger partial charge < -0.3 is 15.2 Å². The van der Waals surface area contributed by atoms with E-state index in [1.54, 1.807) is 13.1 Å². The lowest BCUT2D eigenvalue weighted by Gasteiger charge is -2.35. The molecule has 124 valence electrons. The third-order valence-electron chi connectivity index (χ3n) is 4.51. The molecule has 2 N–H and O–H groups in total. The first-order valence-electron chi connectivity index (χ1n) is 7.81. The van der Waals surface area contributed by atoms with Gasteiger partial charge in [0, 0.05) is 23.9 Å². The lowest BCUT2D eigenvalue weighted by molar-refractivity contribution is -0.138. The van der Waals surface area contributed by atoms with Crippen LogP contribution in [0.1, 0.15) is 40.5 Å². The molecule has 0 fully saturated rings. The van der Waals surface area contributed by atoms with Gasteiger partial charge in [-0.3, -0.25) is 9.59 Å². The van der Waals surface area contributed by atoms with Crippen LogP contribution in [-0.2, 0) is 14.3 Å². The number of carbonyl (C=O) groups excluding carboxylic acids is 2. The number of carbonyl (C=O) groups is 2. The second-order valence-corrected chi connectivity index (χ2v) is 5.84. The Morgan fingerprint density at radius 1 is 1.32 bits per heavy atom. The number of Topliss-reactive ketones (excluding diaryl/α,β-unsaturated/α-hetero) is 2. The largest absolute Gasteiger partial charge is 0.493 e. The van der Waals surface area contributed by atoms with Crippen LogP contribution in [0, 0.1) is 11.3 Å². The fraction of sp³-hybridized carbons (Fsp3) is 0.647. The molecule has 0 spiro atoms. The Bertz CT molecular complexity index is 507. The molecular formula is C17H27NO4. The van der Waals surface area contributed by atoms with Crippen molar-refractivity contribution in [2.45, 2.75) is 40.5 Å². The van der Waals surface area contributed by atoms with E-state index in [1.165, 1.54) is 7.11 Å². The second-order valence-electron chi connectivity index (χ2n) is 5.84. The van der Waals surface area contributed by atoms with Crippen molar-refractivity contribution in [1.29, 1.82) is 0 Å². The Labute approximate surface area is 132 Å². The van der Waals surface area contributed by atoms with Gasteiger partial charge in [-0.2, -0.15) is 0 Å². The molecule has 0 heterocycles. The number of allylic oxidation sites excluding steroid dienone is 3. The van der Waals surface area contributed by atoms with E-state index in [0.29, 0.717) is 24.1 Å². The standard InChI is InChI=1S/C17H27NO4/c1-6-11(3)13-12(10-18-8-9-19)15(20)17(4,7-2)16(21)14(13)22-5/h10-11,18-19H,6-9H2,1-5H3/t11-,17+/m1/s1. The fourth-order valence-electron chi connectivity index (χ4n) is 2.62. The highest BCUT2D eigenvalue weighted by Crippen LogP contribution is 2.42. The molecule has 5 nitrogen and oxygen atoms in total. The maximum atomic E-state index is 12.9. The van der Waals surface area contributed by atoms with Gasteiger partial charge in [0.1, 0.15) is 0 Å². The first kappa shape index (κ1) is 18.4. The third-order valence-corrected chi connectivity index (χ3v) is 4.51.